The lowest BCUT2D eigenvalue weighted by Gasteiger charge is -2.11. The monoisotopic (exact) mass is 376 g/mol. The van der Waals surface area contributed by atoms with Crippen molar-refractivity contribution in [3.05, 3.63) is 72.1 Å². The van der Waals surface area contributed by atoms with E-state index in [-0.39, 0.29) is 17.4 Å². The highest BCUT2D eigenvalue weighted by molar-refractivity contribution is 6.04. The van der Waals surface area contributed by atoms with Crippen LogP contribution in [0.1, 0.15) is 34.7 Å². The van der Waals surface area contributed by atoms with Gasteiger partial charge in [-0.25, -0.2) is 9.97 Å². The molecule has 1 amide bonds. The molecular formula is C21H20N4O3. The first-order valence-corrected chi connectivity index (χ1v) is 8.81. The van der Waals surface area contributed by atoms with E-state index in [1.165, 1.54) is 19.2 Å². The minimum Gasteiger partial charge on any atom is -0.492 e. The van der Waals surface area contributed by atoms with Gasteiger partial charge in [-0.15, -0.1) is 0 Å². The van der Waals surface area contributed by atoms with Crippen molar-refractivity contribution >= 4 is 29.0 Å². The van der Waals surface area contributed by atoms with Crippen LogP contribution in [0.15, 0.2) is 60.8 Å². The quantitative estimate of drug-likeness (QED) is 0.604. The summed E-state index contributed by atoms with van der Waals surface area (Å²) < 4.78 is 5.57. The van der Waals surface area contributed by atoms with E-state index in [2.05, 4.69) is 20.6 Å². The number of amides is 1. The van der Waals surface area contributed by atoms with Crippen molar-refractivity contribution in [2.24, 2.45) is 0 Å². The van der Waals surface area contributed by atoms with Gasteiger partial charge in [-0.1, -0.05) is 24.3 Å². The maximum Gasteiger partial charge on any atom is 0.274 e. The average Bonchev–Trinajstić information content (AvgIpc) is 2.70. The Kier molecular flexibility index (Phi) is 5.96. The largest absolute Gasteiger partial charge is 0.492 e. The SMILES string of the molecule is CCOc1ccccc1Nc1nccc(C(=O)Nc2cccc(C(C)=O)c2)n1. The number of nitrogens with zero attached hydrogens (tertiary/aromatic N) is 2. The number of hydrogen-bond donors (Lipinski definition) is 2. The molecule has 1 aromatic heterocycles. The Morgan fingerprint density at radius 2 is 1.89 bits per heavy atom. The molecule has 2 N–H and O–H groups in total. The molecule has 1 heterocycles. The third-order valence-electron chi connectivity index (χ3n) is 3.85. The van der Waals surface area contributed by atoms with E-state index >= 15 is 0 Å². The second-order valence-corrected chi connectivity index (χ2v) is 5.91. The fraction of sp³-hybridized carbons (Fsp3) is 0.143. The summed E-state index contributed by atoms with van der Waals surface area (Å²) >= 11 is 0. The molecule has 28 heavy (non-hydrogen) atoms. The second kappa shape index (κ2) is 8.77. The minimum atomic E-state index is -0.399. The molecule has 2 aromatic carbocycles. The number of ketones is 1. The third kappa shape index (κ3) is 4.70. The van der Waals surface area contributed by atoms with Gasteiger partial charge in [0, 0.05) is 17.4 Å². The highest BCUT2D eigenvalue weighted by Crippen LogP contribution is 2.26. The van der Waals surface area contributed by atoms with E-state index in [9.17, 15) is 9.59 Å². The number of Topliss-reactive ketones (excluding diaryl/α,β-unsaturated/α-hetero) is 1. The average molecular weight is 376 g/mol. The Morgan fingerprint density at radius 3 is 2.68 bits per heavy atom. The summed E-state index contributed by atoms with van der Waals surface area (Å²) in [7, 11) is 0. The van der Waals surface area contributed by atoms with Gasteiger partial charge in [0.15, 0.2) is 5.78 Å². The Balaban J connectivity index is 1.77. The number of carbonyl (C=O) groups is 2. The molecule has 0 aliphatic rings. The van der Waals surface area contributed by atoms with Crippen LogP contribution >= 0.6 is 0 Å². The van der Waals surface area contributed by atoms with Gasteiger partial charge in [0.05, 0.1) is 12.3 Å². The summed E-state index contributed by atoms with van der Waals surface area (Å²) in [4.78, 5) is 32.5. The molecule has 3 rings (SSSR count). The molecule has 3 aromatic rings. The van der Waals surface area contributed by atoms with Crippen molar-refractivity contribution in [2.75, 3.05) is 17.2 Å². The van der Waals surface area contributed by atoms with Crippen molar-refractivity contribution in [2.45, 2.75) is 13.8 Å². The smallest absolute Gasteiger partial charge is 0.274 e. The molecule has 0 saturated heterocycles. The van der Waals surface area contributed by atoms with E-state index in [0.717, 1.165) is 0 Å². The van der Waals surface area contributed by atoms with Gasteiger partial charge in [-0.3, -0.25) is 9.59 Å². The zero-order valence-electron chi connectivity index (χ0n) is 15.6. The van der Waals surface area contributed by atoms with Crippen LogP contribution in [0.25, 0.3) is 0 Å². The summed E-state index contributed by atoms with van der Waals surface area (Å²) in [5, 5.41) is 5.81. The van der Waals surface area contributed by atoms with Crippen LogP contribution in [-0.2, 0) is 0 Å². The summed E-state index contributed by atoms with van der Waals surface area (Å²) in [6.07, 6.45) is 1.50. The van der Waals surface area contributed by atoms with Crippen LogP contribution in [-0.4, -0.2) is 28.3 Å². The van der Waals surface area contributed by atoms with Gasteiger partial charge >= 0.3 is 0 Å². The fourth-order valence-corrected chi connectivity index (χ4v) is 2.53. The molecule has 0 unspecified atom stereocenters. The number of benzene rings is 2. The molecule has 7 nitrogen and oxygen atoms in total. The molecule has 142 valence electrons. The van der Waals surface area contributed by atoms with Crippen molar-refractivity contribution < 1.29 is 14.3 Å². The zero-order chi connectivity index (χ0) is 19.9. The molecule has 0 radical (unpaired) electrons. The Bertz CT molecular complexity index is 1000. The topological polar surface area (TPSA) is 93.2 Å². The summed E-state index contributed by atoms with van der Waals surface area (Å²) in [6.45, 7) is 3.91. The number of aromatic nitrogens is 2. The first-order valence-electron chi connectivity index (χ1n) is 8.81. The molecule has 0 saturated carbocycles. The number of anilines is 3. The van der Waals surface area contributed by atoms with Crippen LogP contribution < -0.4 is 15.4 Å². The van der Waals surface area contributed by atoms with Gasteiger partial charge in [0.1, 0.15) is 11.4 Å². The summed E-state index contributed by atoms with van der Waals surface area (Å²) in [5.41, 5.74) is 1.94. The predicted octanol–water partition coefficient (Wildman–Crippen LogP) is 4.07. The molecule has 0 aliphatic carbocycles. The molecule has 0 bridgehead atoms. The number of carbonyl (C=O) groups excluding carboxylic acids is 2. The van der Waals surface area contributed by atoms with Crippen molar-refractivity contribution in [3.63, 3.8) is 0 Å². The van der Waals surface area contributed by atoms with Gasteiger partial charge in [-0.05, 0) is 44.2 Å². The second-order valence-electron chi connectivity index (χ2n) is 5.91. The molecule has 0 fully saturated rings. The highest BCUT2D eigenvalue weighted by Gasteiger charge is 2.11. The number of para-hydroxylation sites is 2. The summed E-state index contributed by atoms with van der Waals surface area (Å²) in [6, 6.07) is 15.7. The first-order chi connectivity index (χ1) is 13.6. The number of ether oxygens (including phenoxy) is 1. The van der Waals surface area contributed by atoms with E-state index in [4.69, 9.17) is 4.74 Å². The molecule has 0 spiro atoms. The number of rotatable bonds is 7. The lowest BCUT2D eigenvalue weighted by Crippen LogP contribution is -2.15. The van der Waals surface area contributed by atoms with Gasteiger partial charge in [-0.2, -0.15) is 0 Å². The number of hydrogen-bond acceptors (Lipinski definition) is 6. The molecule has 7 heteroatoms. The zero-order valence-corrected chi connectivity index (χ0v) is 15.6. The lowest BCUT2D eigenvalue weighted by molar-refractivity contribution is 0.100. The normalized spacial score (nSPS) is 10.2. The van der Waals surface area contributed by atoms with Gasteiger partial charge < -0.3 is 15.4 Å². The minimum absolute atomic E-state index is 0.0717. The molecule has 0 atom stereocenters. The van der Waals surface area contributed by atoms with Gasteiger partial charge in [0.2, 0.25) is 5.95 Å². The van der Waals surface area contributed by atoms with Crippen LogP contribution in [0.4, 0.5) is 17.3 Å². The van der Waals surface area contributed by atoms with Crippen molar-refractivity contribution in [1.29, 1.82) is 0 Å². The third-order valence-corrected chi connectivity index (χ3v) is 3.85. The van der Waals surface area contributed by atoms with Crippen LogP contribution in [0.3, 0.4) is 0 Å². The predicted molar refractivity (Wildman–Crippen MR) is 107 cm³/mol. The van der Waals surface area contributed by atoms with E-state index in [1.54, 1.807) is 24.3 Å². The Labute approximate surface area is 162 Å². The lowest BCUT2D eigenvalue weighted by atomic mass is 10.1. The molecular weight excluding hydrogens is 356 g/mol. The van der Waals surface area contributed by atoms with Crippen LogP contribution in [0.5, 0.6) is 5.75 Å². The highest BCUT2D eigenvalue weighted by atomic mass is 16.5. The van der Waals surface area contributed by atoms with E-state index in [0.29, 0.717) is 29.3 Å². The van der Waals surface area contributed by atoms with Crippen molar-refractivity contribution in [1.82, 2.24) is 9.97 Å². The van der Waals surface area contributed by atoms with E-state index in [1.807, 2.05) is 31.2 Å². The standard InChI is InChI=1S/C21H20N4O3/c1-3-28-19-10-5-4-9-17(19)24-21-22-12-11-18(25-21)20(27)23-16-8-6-7-15(13-16)14(2)26/h4-13H,3H2,1-2H3,(H,23,27)(H,22,24,25). The Hall–Kier alpha value is -3.74. The Morgan fingerprint density at radius 1 is 1.07 bits per heavy atom. The molecule has 0 aliphatic heterocycles. The fourth-order valence-electron chi connectivity index (χ4n) is 2.53. The maximum atomic E-state index is 12.5. The van der Waals surface area contributed by atoms with Crippen LogP contribution in [0.2, 0.25) is 0 Å². The maximum absolute atomic E-state index is 12.5. The van der Waals surface area contributed by atoms with Gasteiger partial charge in [0.25, 0.3) is 5.91 Å². The number of nitrogens with one attached hydrogen (secondary N) is 2. The van der Waals surface area contributed by atoms with Crippen LogP contribution in [0, 0.1) is 0 Å². The van der Waals surface area contributed by atoms with E-state index < -0.39 is 5.91 Å². The first kappa shape index (κ1) is 19.0. The van der Waals surface area contributed by atoms with Crippen molar-refractivity contribution in [3.8, 4) is 5.75 Å². The summed E-state index contributed by atoms with van der Waals surface area (Å²) in [5.74, 6) is 0.476.